The highest BCUT2D eigenvalue weighted by atomic mass is 15.1. The topological polar surface area (TPSA) is 3.24 Å². The first-order valence-corrected chi connectivity index (χ1v) is 23.2. The Bertz CT molecular complexity index is 3550. The van der Waals surface area contributed by atoms with Crippen LogP contribution in [-0.2, 0) is 5.41 Å². The number of nitrogens with zero attached hydrogens (tertiary/aromatic N) is 1. The number of hydrogen-bond acceptors (Lipinski definition) is 1. The number of anilines is 3. The molecule has 11 aromatic rings. The van der Waals surface area contributed by atoms with E-state index >= 15 is 0 Å². The lowest BCUT2D eigenvalue weighted by Crippen LogP contribution is -2.22. The minimum Gasteiger partial charge on any atom is -0.310 e. The van der Waals surface area contributed by atoms with E-state index in [9.17, 15) is 0 Å². The fraction of sp³-hybridized carbons (Fsp3) is 0.0303. The van der Waals surface area contributed by atoms with Gasteiger partial charge in [0.1, 0.15) is 0 Å². The number of para-hydroxylation sites is 1. The van der Waals surface area contributed by atoms with Crippen molar-refractivity contribution < 1.29 is 0 Å². The predicted octanol–water partition coefficient (Wildman–Crippen LogP) is 18.0. The van der Waals surface area contributed by atoms with E-state index in [2.05, 4.69) is 279 Å². The quantitative estimate of drug-likeness (QED) is 0.140. The van der Waals surface area contributed by atoms with Crippen LogP contribution in [0.5, 0.6) is 0 Å². The lowest BCUT2D eigenvalue weighted by molar-refractivity contribution is 0.714. The lowest BCUT2D eigenvalue weighted by Gasteiger charge is -2.29. The van der Waals surface area contributed by atoms with E-state index in [0.717, 1.165) is 22.6 Å². The summed E-state index contributed by atoms with van der Waals surface area (Å²) < 4.78 is 0. The van der Waals surface area contributed by atoms with Crippen LogP contribution in [-0.4, -0.2) is 0 Å². The van der Waals surface area contributed by atoms with E-state index in [0.29, 0.717) is 0 Å². The number of hydrogen-bond donors (Lipinski definition) is 0. The third kappa shape index (κ3) is 7.04. The Hall–Kier alpha value is -8.52. The molecular weight excluding hydrogens is 807 g/mol. The summed E-state index contributed by atoms with van der Waals surface area (Å²) in [7, 11) is 0. The van der Waals surface area contributed by atoms with Gasteiger partial charge in [0.15, 0.2) is 0 Å². The van der Waals surface area contributed by atoms with Crippen LogP contribution >= 0.6 is 0 Å². The summed E-state index contributed by atoms with van der Waals surface area (Å²) in [6.07, 6.45) is 0. The van der Waals surface area contributed by atoms with Gasteiger partial charge in [-0.25, -0.2) is 0 Å². The van der Waals surface area contributed by atoms with E-state index in [4.69, 9.17) is 0 Å². The Morgan fingerprint density at radius 2 is 0.761 bits per heavy atom. The monoisotopic (exact) mass is 853 g/mol. The molecule has 1 nitrogen and oxygen atoms in total. The summed E-state index contributed by atoms with van der Waals surface area (Å²) >= 11 is 0. The summed E-state index contributed by atoms with van der Waals surface area (Å²) in [6, 6.07) is 97.6. The molecule has 1 aliphatic carbocycles. The zero-order valence-electron chi connectivity index (χ0n) is 37.4. The molecule has 0 heterocycles. The SMILES string of the molecule is CC1(c2ccccc2)c2ccccc2-c2c(-c3ccc(N(c4ccc(-c5ccc(-c6cccc7ccccc67)cc5)cc4)c4ccccc4-c4cccc(-c5ccccc5)c4)cc3)cccc21. The molecule has 1 atom stereocenters. The number of fused-ring (bicyclic) bond motifs is 4. The van der Waals surface area contributed by atoms with Gasteiger partial charge in [0.2, 0.25) is 0 Å². The van der Waals surface area contributed by atoms with E-state index in [1.165, 1.54) is 88.7 Å². The maximum atomic E-state index is 2.42. The van der Waals surface area contributed by atoms with Gasteiger partial charge in [-0.15, -0.1) is 0 Å². The average molecular weight is 854 g/mol. The Balaban J connectivity index is 0.949. The van der Waals surface area contributed by atoms with Gasteiger partial charge < -0.3 is 4.90 Å². The van der Waals surface area contributed by atoms with Gasteiger partial charge in [0.05, 0.1) is 5.69 Å². The van der Waals surface area contributed by atoms with Crippen LogP contribution in [0.3, 0.4) is 0 Å². The molecule has 0 N–H and O–H groups in total. The van der Waals surface area contributed by atoms with E-state index in [1.54, 1.807) is 0 Å². The van der Waals surface area contributed by atoms with E-state index in [-0.39, 0.29) is 5.41 Å². The maximum absolute atomic E-state index is 2.42. The minimum absolute atomic E-state index is 0.257. The van der Waals surface area contributed by atoms with Crippen molar-refractivity contribution in [2.45, 2.75) is 12.3 Å². The largest absolute Gasteiger partial charge is 0.310 e. The molecule has 1 aliphatic rings. The van der Waals surface area contributed by atoms with Crippen LogP contribution in [0, 0.1) is 0 Å². The van der Waals surface area contributed by atoms with Gasteiger partial charge in [-0.05, 0) is 132 Å². The molecule has 0 radical (unpaired) electrons. The summed E-state index contributed by atoms with van der Waals surface area (Å²) in [6.45, 7) is 2.39. The second-order valence-electron chi connectivity index (χ2n) is 17.8. The fourth-order valence-corrected chi connectivity index (χ4v) is 10.6. The third-order valence-electron chi connectivity index (χ3n) is 14.0. The van der Waals surface area contributed by atoms with Crippen LogP contribution in [0.2, 0.25) is 0 Å². The first-order chi connectivity index (χ1) is 33.1. The molecule has 1 heteroatoms. The first kappa shape index (κ1) is 40.0. The van der Waals surface area contributed by atoms with Crippen molar-refractivity contribution in [2.75, 3.05) is 4.90 Å². The van der Waals surface area contributed by atoms with Gasteiger partial charge in [-0.1, -0.05) is 231 Å². The van der Waals surface area contributed by atoms with Gasteiger partial charge in [-0.3, -0.25) is 0 Å². The Labute approximate surface area is 393 Å². The summed E-state index contributed by atoms with van der Waals surface area (Å²) in [4.78, 5) is 2.42. The molecule has 0 amide bonds. The van der Waals surface area contributed by atoms with E-state index in [1.807, 2.05) is 0 Å². The zero-order valence-corrected chi connectivity index (χ0v) is 37.4. The standard InChI is InChI=1S/C66H47N/c1-66(54-23-6-3-7-24-54)62-30-12-10-27-61(62)65-60(29-16-31-63(65)66)51-39-43-56(44-40-51)67(64-32-13-11-26-59(64)53-22-14-21-52(45-53)46-17-4-2-5-18-46)55-41-37-48(38-42-55)47-33-35-50(36-34-47)58-28-15-20-49-19-8-9-25-57(49)58/h2-45H,1H3. The van der Waals surface area contributed by atoms with Crippen molar-refractivity contribution in [2.24, 2.45) is 0 Å². The Morgan fingerprint density at radius 1 is 0.299 bits per heavy atom. The van der Waals surface area contributed by atoms with Crippen LogP contribution in [0.15, 0.2) is 267 Å². The molecule has 1 unspecified atom stereocenters. The number of rotatable bonds is 9. The number of benzene rings is 11. The lowest BCUT2D eigenvalue weighted by atomic mass is 9.74. The summed E-state index contributed by atoms with van der Waals surface area (Å²) in [5, 5.41) is 2.52. The van der Waals surface area contributed by atoms with E-state index < -0.39 is 0 Å². The van der Waals surface area contributed by atoms with Crippen molar-refractivity contribution in [1.82, 2.24) is 0 Å². The molecule has 0 fully saturated rings. The molecular formula is C66H47N. The highest BCUT2D eigenvalue weighted by molar-refractivity contribution is 5.98. The smallest absolute Gasteiger partial charge is 0.0540 e. The first-order valence-electron chi connectivity index (χ1n) is 23.2. The van der Waals surface area contributed by atoms with Crippen LogP contribution < -0.4 is 4.90 Å². The molecule has 0 aromatic heterocycles. The Morgan fingerprint density at radius 3 is 1.52 bits per heavy atom. The zero-order chi connectivity index (χ0) is 44.7. The van der Waals surface area contributed by atoms with Gasteiger partial charge in [0, 0.05) is 22.4 Å². The summed E-state index contributed by atoms with van der Waals surface area (Å²) in [5.41, 5.74) is 21.7. The predicted molar refractivity (Wildman–Crippen MR) is 283 cm³/mol. The molecule has 0 bridgehead atoms. The fourth-order valence-electron chi connectivity index (χ4n) is 10.6. The minimum atomic E-state index is -0.257. The molecule has 0 spiro atoms. The van der Waals surface area contributed by atoms with Crippen molar-refractivity contribution in [3.63, 3.8) is 0 Å². The molecule has 11 aromatic carbocycles. The average Bonchev–Trinajstić information content (AvgIpc) is 3.68. The summed E-state index contributed by atoms with van der Waals surface area (Å²) in [5.74, 6) is 0. The maximum Gasteiger partial charge on any atom is 0.0540 e. The molecule has 67 heavy (non-hydrogen) atoms. The second-order valence-corrected chi connectivity index (χ2v) is 17.8. The van der Waals surface area contributed by atoms with Crippen LogP contribution in [0.25, 0.3) is 77.5 Å². The Kier molecular flexibility index (Phi) is 10.0. The van der Waals surface area contributed by atoms with Gasteiger partial charge in [0.25, 0.3) is 0 Å². The molecule has 0 saturated heterocycles. The van der Waals surface area contributed by atoms with Gasteiger partial charge in [-0.2, -0.15) is 0 Å². The van der Waals surface area contributed by atoms with Crippen molar-refractivity contribution in [3.05, 3.63) is 284 Å². The van der Waals surface area contributed by atoms with Crippen molar-refractivity contribution in [3.8, 4) is 66.8 Å². The highest BCUT2D eigenvalue weighted by Crippen LogP contribution is 2.55. The second kappa shape index (κ2) is 16.8. The highest BCUT2D eigenvalue weighted by Gasteiger charge is 2.41. The van der Waals surface area contributed by atoms with Crippen molar-refractivity contribution in [1.29, 1.82) is 0 Å². The molecule has 0 saturated carbocycles. The molecule has 12 rings (SSSR count). The van der Waals surface area contributed by atoms with Crippen molar-refractivity contribution >= 4 is 27.8 Å². The normalized spacial score (nSPS) is 13.8. The van der Waals surface area contributed by atoms with Crippen LogP contribution in [0.4, 0.5) is 17.1 Å². The molecule has 0 aliphatic heterocycles. The van der Waals surface area contributed by atoms with Gasteiger partial charge >= 0.3 is 0 Å². The third-order valence-corrected chi connectivity index (χ3v) is 14.0. The molecule has 316 valence electrons. The van der Waals surface area contributed by atoms with Crippen LogP contribution in [0.1, 0.15) is 23.6 Å².